The molecule has 5 heteroatoms. The second-order valence-corrected chi connectivity index (χ2v) is 5.17. The third kappa shape index (κ3) is 2.91. The highest BCUT2D eigenvalue weighted by atomic mass is 16.6. The van der Waals surface area contributed by atoms with Gasteiger partial charge in [-0.15, -0.1) is 0 Å². The van der Waals surface area contributed by atoms with Crippen LogP contribution in [0.5, 0.6) is 17.2 Å². The molecule has 0 aromatic heterocycles. The lowest BCUT2D eigenvalue weighted by Gasteiger charge is -2.14. The van der Waals surface area contributed by atoms with Crippen molar-refractivity contribution in [2.75, 3.05) is 14.2 Å². The van der Waals surface area contributed by atoms with E-state index in [-0.39, 0.29) is 23.2 Å². The van der Waals surface area contributed by atoms with E-state index in [1.165, 1.54) is 20.6 Å². The number of phenols is 1. The van der Waals surface area contributed by atoms with Gasteiger partial charge < -0.3 is 19.3 Å². The van der Waals surface area contributed by atoms with Crippen LogP contribution < -0.4 is 9.47 Å². The van der Waals surface area contributed by atoms with Gasteiger partial charge in [0.2, 0.25) is 5.75 Å². The van der Waals surface area contributed by atoms with E-state index in [0.29, 0.717) is 11.3 Å². The normalized spacial score (nSPS) is 16.5. The van der Waals surface area contributed by atoms with Crippen LogP contribution in [0, 0.1) is 0 Å². The molecule has 0 fully saturated rings. The molecule has 0 saturated heterocycles. The third-order valence-corrected chi connectivity index (χ3v) is 3.80. The Hall–Kier alpha value is -1.91. The van der Waals surface area contributed by atoms with E-state index in [4.69, 9.17) is 14.2 Å². The van der Waals surface area contributed by atoms with Crippen molar-refractivity contribution in [3.05, 3.63) is 17.2 Å². The van der Waals surface area contributed by atoms with Crippen molar-refractivity contribution in [2.24, 2.45) is 0 Å². The number of hydrogen-bond acceptors (Lipinski definition) is 5. The van der Waals surface area contributed by atoms with Crippen molar-refractivity contribution in [1.29, 1.82) is 0 Å². The lowest BCUT2D eigenvalue weighted by Crippen LogP contribution is -1.98. The van der Waals surface area contributed by atoms with Gasteiger partial charge in [0.1, 0.15) is 11.7 Å². The molecule has 1 heterocycles. The van der Waals surface area contributed by atoms with Crippen molar-refractivity contribution in [1.82, 2.24) is 0 Å². The molecule has 0 bridgehead atoms. The van der Waals surface area contributed by atoms with Gasteiger partial charge in [-0.05, 0) is 18.9 Å². The largest absolute Gasteiger partial charge is 0.504 e. The predicted octanol–water partition coefficient (Wildman–Crippen LogP) is 3.59. The highest BCUT2D eigenvalue weighted by Crippen LogP contribution is 2.47. The zero-order valence-electron chi connectivity index (χ0n) is 12.8. The highest BCUT2D eigenvalue weighted by Gasteiger charge is 2.36. The Morgan fingerprint density at radius 3 is 2.62 bits per heavy atom. The first kappa shape index (κ1) is 15.5. The maximum Gasteiger partial charge on any atom is 0.343 e. The van der Waals surface area contributed by atoms with Gasteiger partial charge in [-0.2, -0.15) is 0 Å². The molecule has 1 aliphatic rings. The summed E-state index contributed by atoms with van der Waals surface area (Å²) in [6.45, 7) is 2.15. The van der Waals surface area contributed by atoms with Crippen molar-refractivity contribution in [3.63, 3.8) is 0 Å². The summed E-state index contributed by atoms with van der Waals surface area (Å²) in [7, 11) is 2.92. The summed E-state index contributed by atoms with van der Waals surface area (Å²) >= 11 is 0. The van der Waals surface area contributed by atoms with E-state index in [1.807, 2.05) is 0 Å². The summed E-state index contributed by atoms with van der Waals surface area (Å²) in [6.07, 6.45) is 4.88. The average molecular weight is 294 g/mol. The fraction of sp³-hybridized carbons (Fsp3) is 0.562. The summed E-state index contributed by atoms with van der Waals surface area (Å²) in [5.41, 5.74) is 0.889. The standard InChI is InChI=1S/C16H22O5/c1-4-5-6-7-8-11-10-9-12(19-2)15(20-3)14(17)13(10)16(18)21-11/h9,11,17H,4-8H2,1-3H3. The molecule has 1 N–H and O–H groups in total. The predicted molar refractivity (Wildman–Crippen MR) is 78.1 cm³/mol. The SMILES string of the molecule is CCCCCCC1OC(=O)c2c1cc(OC)c(OC)c2O. The van der Waals surface area contributed by atoms with Gasteiger partial charge in [-0.1, -0.05) is 26.2 Å². The molecule has 1 aromatic carbocycles. The van der Waals surface area contributed by atoms with Gasteiger partial charge in [0, 0.05) is 5.56 Å². The number of unbranched alkanes of at least 4 members (excludes halogenated alkanes) is 3. The molecule has 0 saturated carbocycles. The molecule has 2 rings (SSSR count). The van der Waals surface area contributed by atoms with Crippen molar-refractivity contribution in [2.45, 2.75) is 45.1 Å². The number of hydrogen-bond donors (Lipinski definition) is 1. The van der Waals surface area contributed by atoms with Crippen LogP contribution in [0.2, 0.25) is 0 Å². The highest BCUT2D eigenvalue weighted by molar-refractivity contribution is 5.98. The molecule has 1 atom stereocenters. The number of methoxy groups -OCH3 is 2. The molecule has 0 aliphatic carbocycles. The van der Waals surface area contributed by atoms with Crippen LogP contribution in [-0.4, -0.2) is 25.3 Å². The Bertz CT molecular complexity index is 524. The van der Waals surface area contributed by atoms with Crippen LogP contribution in [0.15, 0.2) is 6.07 Å². The summed E-state index contributed by atoms with van der Waals surface area (Å²) < 4.78 is 15.7. The Balaban J connectivity index is 2.27. The molecule has 0 spiro atoms. The fourth-order valence-electron chi connectivity index (χ4n) is 2.69. The molecule has 5 nitrogen and oxygen atoms in total. The van der Waals surface area contributed by atoms with E-state index in [0.717, 1.165) is 25.7 Å². The van der Waals surface area contributed by atoms with Crippen LogP contribution in [-0.2, 0) is 4.74 Å². The van der Waals surface area contributed by atoms with Crippen molar-refractivity contribution in [3.8, 4) is 17.2 Å². The molecule has 116 valence electrons. The molecule has 1 aromatic rings. The summed E-state index contributed by atoms with van der Waals surface area (Å²) in [4.78, 5) is 12.0. The van der Waals surface area contributed by atoms with E-state index >= 15 is 0 Å². The minimum Gasteiger partial charge on any atom is -0.504 e. The number of rotatable bonds is 7. The van der Waals surface area contributed by atoms with E-state index in [1.54, 1.807) is 6.07 Å². The third-order valence-electron chi connectivity index (χ3n) is 3.80. The average Bonchev–Trinajstić information content (AvgIpc) is 2.80. The zero-order valence-corrected chi connectivity index (χ0v) is 12.8. The van der Waals surface area contributed by atoms with Gasteiger partial charge >= 0.3 is 5.97 Å². The van der Waals surface area contributed by atoms with Crippen molar-refractivity contribution < 1.29 is 24.1 Å². The fourth-order valence-corrected chi connectivity index (χ4v) is 2.69. The first-order valence-corrected chi connectivity index (χ1v) is 7.32. The molecule has 0 radical (unpaired) electrons. The van der Waals surface area contributed by atoms with Crippen molar-refractivity contribution >= 4 is 5.97 Å². The number of ether oxygens (including phenoxy) is 3. The Kier molecular flexibility index (Phi) is 4.94. The summed E-state index contributed by atoms with van der Waals surface area (Å²) in [5.74, 6) is -0.123. The number of aromatic hydroxyl groups is 1. The maximum atomic E-state index is 12.0. The van der Waals surface area contributed by atoms with Crippen LogP contribution >= 0.6 is 0 Å². The quantitative estimate of drug-likeness (QED) is 0.615. The van der Waals surface area contributed by atoms with Gasteiger partial charge in [0.15, 0.2) is 11.5 Å². The van der Waals surface area contributed by atoms with Gasteiger partial charge in [0.25, 0.3) is 0 Å². The van der Waals surface area contributed by atoms with Gasteiger partial charge in [-0.3, -0.25) is 0 Å². The molecular weight excluding hydrogens is 272 g/mol. The zero-order chi connectivity index (χ0) is 15.4. The van der Waals surface area contributed by atoms with E-state index in [2.05, 4.69) is 6.92 Å². The molecule has 0 amide bonds. The lowest BCUT2D eigenvalue weighted by molar-refractivity contribution is 0.0361. The minimum absolute atomic E-state index is 0.167. The van der Waals surface area contributed by atoms with Crippen LogP contribution in [0.25, 0.3) is 0 Å². The van der Waals surface area contributed by atoms with Gasteiger partial charge in [0.05, 0.1) is 14.2 Å². The Morgan fingerprint density at radius 2 is 2.00 bits per heavy atom. The smallest absolute Gasteiger partial charge is 0.343 e. The number of fused-ring (bicyclic) bond motifs is 1. The van der Waals surface area contributed by atoms with Gasteiger partial charge in [-0.25, -0.2) is 4.79 Å². The number of phenolic OH excluding ortho intramolecular Hbond substituents is 1. The molecular formula is C16H22O5. The second kappa shape index (κ2) is 6.70. The molecule has 1 unspecified atom stereocenters. The Labute approximate surface area is 124 Å². The molecule has 1 aliphatic heterocycles. The lowest BCUT2D eigenvalue weighted by atomic mass is 9.98. The van der Waals surface area contributed by atoms with E-state index in [9.17, 15) is 9.90 Å². The van der Waals surface area contributed by atoms with E-state index < -0.39 is 5.97 Å². The number of carbonyl (C=O) groups is 1. The van der Waals surface area contributed by atoms with Crippen LogP contribution in [0.1, 0.15) is 61.1 Å². The first-order valence-electron chi connectivity index (χ1n) is 7.32. The minimum atomic E-state index is -0.496. The topological polar surface area (TPSA) is 65.0 Å². The Morgan fingerprint density at radius 1 is 1.24 bits per heavy atom. The monoisotopic (exact) mass is 294 g/mol. The number of benzene rings is 1. The summed E-state index contributed by atoms with van der Waals surface area (Å²) in [6, 6.07) is 1.73. The van der Waals surface area contributed by atoms with Crippen LogP contribution in [0.4, 0.5) is 0 Å². The number of carbonyl (C=O) groups excluding carboxylic acids is 1. The maximum absolute atomic E-state index is 12.0. The number of cyclic esters (lactones) is 1. The number of esters is 1. The summed E-state index contributed by atoms with van der Waals surface area (Å²) in [5, 5.41) is 10.2. The molecule has 21 heavy (non-hydrogen) atoms. The van der Waals surface area contributed by atoms with Crippen LogP contribution in [0.3, 0.4) is 0 Å². The second-order valence-electron chi connectivity index (χ2n) is 5.17. The first-order chi connectivity index (χ1) is 10.1.